The third-order valence-corrected chi connectivity index (χ3v) is 5.84. The first kappa shape index (κ1) is 21.4. The maximum absolute atomic E-state index is 12.6. The highest BCUT2D eigenvalue weighted by Gasteiger charge is 2.22. The number of hydrogen-bond acceptors (Lipinski definition) is 5. The molecule has 1 N–H and O–H groups in total. The van der Waals surface area contributed by atoms with Crippen molar-refractivity contribution in [1.82, 2.24) is 5.32 Å². The van der Waals surface area contributed by atoms with Gasteiger partial charge >= 0.3 is 0 Å². The molecule has 3 aromatic rings. The van der Waals surface area contributed by atoms with Crippen LogP contribution in [-0.4, -0.2) is 41.3 Å². The van der Waals surface area contributed by atoms with Crippen LogP contribution in [0.2, 0.25) is 0 Å². The highest BCUT2D eigenvalue weighted by Crippen LogP contribution is 2.32. The molecule has 3 rings (SSSR count). The Hall–Kier alpha value is -3.26. The molecular formula is C22H24N2O5S. The van der Waals surface area contributed by atoms with E-state index in [0.717, 1.165) is 26.9 Å². The second-order valence-electron chi connectivity index (χ2n) is 6.72. The number of methoxy groups -OCH3 is 2. The molecule has 0 radical (unpaired) electrons. The minimum atomic E-state index is -3.70. The Labute approximate surface area is 176 Å². The molecule has 0 aromatic heterocycles. The lowest BCUT2D eigenvalue weighted by atomic mass is 10.0. The molecule has 8 heteroatoms. The van der Waals surface area contributed by atoms with Crippen LogP contribution in [0.25, 0.3) is 10.8 Å². The van der Waals surface area contributed by atoms with Crippen LogP contribution in [-0.2, 0) is 21.4 Å². The van der Waals surface area contributed by atoms with Gasteiger partial charge in [-0.15, -0.1) is 0 Å². The molecule has 3 aromatic carbocycles. The first-order valence-electron chi connectivity index (χ1n) is 9.26. The summed E-state index contributed by atoms with van der Waals surface area (Å²) in [5.74, 6) is 0.429. The molecule has 0 heterocycles. The number of carbonyl (C=O) groups excluding carboxylic acids is 1. The van der Waals surface area contributed by atoms with Crippen LogP contribution in [0, 0.1) is 0 Å². The number of sulfonamides is 1. The zero-order chi connectivity index (χ0) is 21.7. The van der Waals surface area contributed by atoms with Crippen LogP contribution >= 0.6 is 0 Å². The molecule has 158 valence electrons. The third kappa shape index (κ3) is 4.83. The molecule has 7 nitrogen and oxygen atoms in total. The lowest BCUT2D eigenvalue weighted by Crippen LogP contribution is -2.40. The van der Waals surface area contributed by atoms with E-state index >= 15 is 0 Å². The summed E-state index contributed by atoms with van der Waals surface area (Å²) in [7, 11) is -0.745. The van der Waals surface area contributed by atoms with Gasteiger partial charge in [0.1, 0.15) is 6.54 Å². The summed E-state index contributed by atoms with van der Waals surface area (Å²) in [5, 5.41) is 4.93. The molecule has 0 fully saturated rings. The smallest absolute Gasteiger partial charge is 0.241 e. The van der Waals surface area contributed by atoms with E-state index in [2.05, 4.69) is 5.32 Å². The number of nitrogens with one attached hydrogen (secondary N) is 1. The van der Waals surface area contributed by atoms with E-state index in [4.69, 9.17) is 9.47 Å². The molecule has 0 saturated heterocycles. The standard InChI is InChI=1S/C22H24N2O5S/c1-28-20-12-11-18(13-21(20)29-2)24(30(3,26)27)15-22(25)23-14-17-9-6-8-16-7-4-5-10-19(16)17/h4-13H,14-15H2,1-3H3,(H,23,25). The fourth-order valence-electron chi connectivity index (χ4n) is 3.21. The number of hydrogen-bond donors (Lipinski definition) is 1. The monoisotopic (exact) mass is 428 g/mol. The maximum atomic E-state index is 12.6. The molecule has 0 aliphatic rings. The SMILES string of the molecule is COc1ccc(N(CC(=O)NCc2cccc3ccccc23)S(C)(=O)=O)cc1OC. The Morgan fingerprint density at radius 3 is 2.37 bits per heavy atom. The largest absolute Gasteiger partial charge is 0.493 e. The Bertz CT molecular complexity index is 1160. The molecule has 0 unspecified atom stereocenters. The number of nitrogens with zero attached hydrogens (tertiary/aromatic N) is 1. The second kappa shape index (κ2) is 9.04. The summed E-state index contributed by atoms with van der Waals surface area (Å²) in [6.45, 7) is -0.0528. The minimum absolute atomic E-state index is 0.295. The topological polar surface area (TPSA) is 84.9 Å². The van der Waals surface area contributed by atoms with Crippen LogP contribution in [0.1, 0.15) is 5.56 Å². The normalized spacial score (nSPS) is 11.2. The molecule has 1 amide bonds. The van der Waals surface area contributed by atoms with Crippen LogP contribution in [0.15, 0.2) is 60.7 Å². The Morgan fingerprint density at radius 1 is 0.967 bits per heavy atom. The quantitative estimate of drug-likeness (QED) is 0.596. The Balaban J connectivity index is 1.78. The summed E-state index contributed by atoms with van der Waals surface area (Å²) in [5.41, 5.74) is 1.27. The van der Waals surface area contributed by atoms with Gasteiger partial charge in [-0.3, -0.25) is 9.10 Å². The number of anilines is 1. The van der Waals surface area contributed by atoms with E-state index in [1.165, 1.54) is 20.3 Å². The first-order chi connectivity index (χ1) is 14.3. The van der Waals surface area contributed by atoms with Crippen molar-refractivity contribution in [1.29, 1.82) is 0 Å². The summed E-state index contributed by atoms with van der Waals surface area (Å²) in [6, 6.07) is 18.4. The van der Waals surface area contributed by atoms with E-state index in [-0.39, 0.29) is 6.54 Å². The van der Waals surface area contributed by atoms with Gasteiger partial charge in [0.15, 0.2) is 11.5 Å². The van der Waals surface area contributed by atoms with Crippen molar-refractivity contribution in [2.45, 2.75) is 6.54 Å². The van der Waals surface area contributed by atoms with Crippen molar-refractivity contribution >= 4 is 32.4 Å². The van der Waals surface area contributed by atoms with Crippen molar-refractivity contribution in [3.8, 4) is 11.5 Å². The van der Waals surface area contributed by atoms with E-state index in [1.807, 2.05) is 42.5 Å². The molecular weight excluding hydrogens is 404 g/mol. The van der Waals surface area contributed by atoms with Gasteiger partial charge in [-0.2, -0.15) is 0 Å². The molecule has 0 saturated carbocycles. The zero-order valence-corrected chi connectivity index (χ0v) is 17.9. The number of carbonyl (C=O) groups is 1. The number of rotatable bonds is 8. The van der Waals surface area contributed by atoms with Crippen LogP contribution in [0.5, 0.6) is 11.5 Å². The third-order valence-electron chi connectivity index (χ3n) is 4.70. The van der Waals surface area contributed by atoms with Crippen molar-refractivity contribution in [3.05, 3.63) is 66.2 Å². The van der Waals surface area contributed by atoms with Crippen molar-refractivity contribution in [3.63, 3.8) is 0 Å². The van der Waals surface area contributed by atoms with Gasteiger partial charge in [-0.25, -0.2) is 8.42 Å². The average Bonchev–Trinajstić information content (AvgIpc) is 2.74. The number of ether oxygens (including phenoxy) is 2. The molecule has 0 spiro atoms. The minimum Gasteiger partial charge on any atom is -0.493 e. The summed E-state index contributed by atoms with van der Waals surface area (Å²) < 4.78 is 36.2. The van der Waals surface area contributed by atoms with Gasteiger partial charge < -0.3 is 14.8 Å². The van der Waals surface area contributed by atoms with Gasteiger partial charge in [0.25, 0.3) is 0 Å². The first-order valence-corrected chi connectivity index (χ1v) is 11.1. The van der Waals surface area contributed by atoms with Gasteiger partial charge in [-0.05, 0) is 28.5 Å². The molecule has 30 heavy (non-hydrogen) atoms. The molecule has 0 atom stereocenters. The van der Waals surface area contributed by atoms with E-state index in [9.17, 15) is 13.2 Å². The van der Waals surface area contributed by atoms with Crippen molar-refractivity contribution < 1.29 is 22.7 Å². The summed E-state index contributed by atoms with van der Waals surface area (Å²) >= 11 is 0. The average molecular weight is 429 g/mol. The fourth-order valence-corrected chi connectivity index (χ4v) is 4.06. The second-order valence-corrected chi connectivity index (χ2v) is 8.63. The summed E-state index contributed by atoms with van der Waals surface area (Å²) in [6.07, 6.45) is 1.06. The van der Waals surface area contributed by atoms with Gasteiger partial charge in [0.05, 0.1) is 26.2 Å². The Morgan fingerprint density at radius 2 is 1.67 bits per heavy atom. The number of benzene rings is 3. The summed E-state index contributed by atoms with van der Waals surface area (Å²) in [4.78, 5) is 12.6. The van der Waals surface area contributed by atoms with Crippen LogP contribution < -0.4 is 19.1 Å². The van der Waals surface area contributed by atoms with Crippen LogP contribution in [0.3, 0.4) is 0 Å². The fraction of sp³-hybridized carbons (Fsp3) is 0.227. The molecule has 0 aliphatic heterocycles. The van der Waals surface area contributed by atoms with Gasteiger partial charge in [0.2, 0.25) is 15.9 Å². The van der Waals surface area contributed by atoms with Gasteiger partial charge in [0, 0.05) is 12.6 Å². The predicted molar refractivity (Wildman–Crippen MR) is 118 cm³/mol. The van der Waals surface area contributed by atoms with Gasteiger partial charge in [-0.1, -0.05) is 42.5 Å². The molecule has 0 aliphatic carbocycles. The number of amides is 1. The van der Waals surface area contributed by atoms with Crippen molar-refractivity contribution in [2.24, 2.45) is 0 Å². The highest BCUT2D eigenvalue weighted by molar-refractivity contribution is 7.92. The lowest BCUT2D eigenvalue weighted by molar-refractivity contribution is -0.119. The maximum Gasteiger partial charge on any atom is 0.241 e. The zero-order valence-electron chi connectivity index (χ0n) is 17.1. The Kier molecular flexibility index (Phi) is 6.47. The lowest BCUT2D eigenvalue weighted by Gasteiger charge is -2.23. The highest BCUT2D eigenvalue weighted by atomic mass is 32.2. The number of fused-ring (bicyclic) bond motifs is 1. The van der Waals surface area contributed by atoms with Crippen LogP contribution in [0.4, 0.5) is 5.69 Å². The molecule has 0 bridgehead atoms. The van der Waals surface area contributed by atoms with E-state index in [0.29, 0.717) is 23.7 Å². The predicted octanol–water partition coefficient (Wildman–Crippen LogP) is 2.94. The van der Waals surface area contributed by atoms with E-state index in [1.54, 1.807) is 12.1 Å². The van der Waals surface area contributed by atoms with E-state index < -0.39 is 15.9 Å². The van der Waals surface area contributed by atoms with Crippen molar-refractivity contribution in [2.75, 3.05) is 31.3 Å².